The maximum atomic E-state index is 6.37. The molecule has 0 unspecified atom stereocenters. The minimum Gasteiger partial charge on any atom is -0.354 e. The van der Waals surface area contributed by atoms with Gasteiger partial charge >= 0.3 is 0 Å². The molecule has 0 aliphatic rings. The molecule has 0 atom stereocenters. The number of pyridine rings is 1. The van der Waals surface area contributed by atoms with Crippen LogP contribution < -0.4 is 10.6 Å². The van der Waals surface area contributed by atoms with Gasteiger partial charge in [0.25, 0.3) is 0 Å². The summed E-state index contributed by atoms with van der Waals surface area (Å²) in [6, 6.07) is 11.6. The van der Waals surface area contributed by atoms with E-state index in [2.05, 4.69) is 44.6 Å². The van der Waals surface area contributed by atoms with Crippen molar-refractivity contribution in [2.24, 2.45) is 0 Å². The molecule has 146 valence electrons. The van der Waals surface area contributed by atoms with Crippen LogP contribution in [0.15, 0.2) is 48.8 Å². The van der Waals surface area contributed by atoms with Crippen molar-refractivity contribution in [1.82, 2.24) is 19.9 Å². The van der Waals surface area contributed by atoms with Crippen molar-refractivity contribution < 1.29 is 0 Å². The van der Waals surface area contributed by atoms with Gasteiger partial charge in [0.15, 0.2) is 0 Å². The molecule has 7 heteroatoms. The molecule has 0 bridgehead atoms. The number of anilines is 3. The fourth-order valence-corrected chi connectivity index (χ4v) is 3.04. The Labute approximate surface area is 171 Å². The van der Waals surface area contributed by atoms with Crippen LogP contribution in [-0.4, -0.2) is 47.0 Å². The van der Waals surface area contributed by atoms with E-state index >= 15 is 0 Å². The Bertz CT molecular complexity index is 894. The van der Waals surface area contributed by atoms with E-state index in [0.29, 0.717) is 16.8 Å². The van der Waals surface area contributed by atoms with E-state index in [9.17, 15) is 0 Å². The monoisotopic (exact) mass is 396 g/mol. The highest BCUT2D eigenvalue weighted by Gasteiger charge is 2.10. The largest absolute Gasteiger partial charge is 0.354 e. The molecule has 0 radical (unpaired) electrons. The van der Waals surface area contributed by atoms with Gasteiger partial charge in [0, 0.05) is 30.6 Å². The molecule has 2 N–H and O–H groups in total. The first-order valence-electron chi connectivity index (χ1n) is 9.23. The second kappa shape index (κ2) is 9.48. The number of nitrogens with zero attached hydrogens (tertiary/aromatic N) is 4. The number of aromatic nitrogens is 3. The Hall–Kier alpha value is -2.70. The molecular formula is C21H25ClN6. The lowest BCUT2D eigenvalue weighted by Gasteiger charge is -2.14. The summed E-state index contributed by atoms with van der Waals surface area (Å²) >= 11 is 6.37. The molecular weight excluding hydrogens is 372 g/mol. The average molecular weight is 397 g/mol. The van der Waals surface area contributed by atoms with Crippen molar-refractivity contribution >= 4 is 29.1 Å². The van der Waals surface area contributed by atoms with E-state index in [-0.39, 0.29) is 0 Å². The van der Waals surface area contributed by atoms with E-state index < -0.39 is 0 Å². The van der Waals surface area contributed by atoms with Crippen molar-refractivity contribution in [1.29, 1.82) is 0 Å². The molecule has 1 aromatic carbocycles. The van der Waals surface area contributed by atoms with Gasteiger partial charge in [-0.1, -0.05) is 23.7 Å². The third kappa shape index (κ3) is 5.41. The van der Waals surface area contributed by atoms with Gasteiger partial charge in [-0.3, -0.25) is 4.98 Å². The number of benzene rings is 1. The molecule has 2 aromatic heterocycles. The Morgan fingerprint density at radius 1 is 1.07 bits per heavy atom. The number of para-hydroxylation sites is 1. The third-order valence-corrected chi connectivity index (χ3v) is 4.56. The summed E-state index contributed by atoms with van der Waals surface area (Å²) in [6.45, 7) is 3.81. The van der Waals surface area contributed by atoms with Gasteiger partial charge in [0.2, 0.25) is 5.95 Å². The molecule has 0 aliphatic heterocycles. The van der Waals surface area contributed by atoms with Crippen LogP contribution in [0.4, 0.5) is 17.5 Å². The zero-order chi connectivity index (χ0) is 19.9. The number of hydrogen-bond acceptors (Lipinski definition) is 6. The van der Waals surface area contributed by atoms with Crippen molar-refractivity contribution in [3.05, 3.63) is 59.4 Å². The van der Waals surface area contributed by atoms with Gasteiger partial charge in [-0.2, -0.15) is 4.98 Å². The molecule has 3 rings (SSSR count). The Balaban J connectivity index is 1.89. The second-order valence-corrected chi connectivity index (χ2v) is 7.25. The lowest BCUT2D eigenvalue weighted by Crippen LogP contribution is -2.17. The number of halogens is 1. The van der Waals surface area contributed by atoms with Crippen LogP contribution in [0.5, 0.6) is 0 Å². The fraction of sp³-hybridized carbons (Fsp3) is 0.286. The Morgan fingerprint density at radius 3 is 2.57 bits per heavy atom. The average Bonchev–Trinajstić information content (AvgIpc) is 2.69. The van der Waals surface area contributed by atoms with E-state index in [1.165, 1.54) is 0 Å². The zero-order valence-electron chi connectivity index (χ0n) is 16.4. The zero-order valence-corrected chi connectivity index (χ0v) is 17.2. The third-order valence-electron chi connectivity index (χ3n) is 4.24. The molecule has 0 fully saturated rings. The standard InChI is InChI=1S/C21H25ClN6/c1-15-6-4-7-17(22)20(15)26-19-14-18(16-8-11-23-12-9-16)25-21(27-19)24-10-5-13-28(2)3/h4,6-9,11-12,14H,5,10,13H2,1-3H3,(H2,24,25,26,27). The molecule has 28 heavy (non-hydrogen) atoms. The summed E-state index contributed by atoms with van der Waals surface area (Å²) in [6.07, 6.45) is 4.52. The summed E-state index contributed by atoms with van der Waals surface area (Å²) in [7, 11) is 4.13. The van der Waals surface area contributed by atoms with Gasteiger partial charge in [-0.15, -0.1) is 0 Å². The predicted molar refractivity (Wildman–Crippen MR) is 116 cm³/mol. The molecule has 2 heterocycles. The highest BCUT2D eigenvalue weighted by molar-refractivity contribution is 6.33. The van der Waals surface area contributed by atoms with E-state index in [4.69, 9.17) is 11.6 Å². The summed E-state index contributed by atoms with van der Waals surface area (Å²) in [5.41, 5.74) is 3.70. The van der Waals surface area contributed by atoms with Gasteiger partial charge in [0.1, 0.15) is 5.82 Å². The first-order chi connectivity index (χ1) is 13.5. The molecule has 3 aromatic rings. The summed E-state index contributed by atoms with van der Waals surface area (Å²) in [4.78, 5) is 15.5. The topological polar surface area (TPSA) is 66.0 Å². The van der Waals surface area contributed by atoms with Gasteiger partial charge in [-0.25, -0.2) is 4.98 Å². The minimum atomic E-state index is 0.584. The van der Waals surface area contributed by atoms with Crippen LogP contribution in [0.3, 0.4) is 0 Å². The Morgan fingerprint density at radius 2 is 1.86 bits per heavy atom. The van der Waals surface area contributed by atoms with Crippen LogP contribution in [0.25, 0.3) is 11.3 Å². The van der Waals surface area contributed by atoms with Crippen LogP contribution in [0.1, 0.15) is 12.0 Å². The second-order valence-electron chi connectivity index (χ2n) is 6.84. The minimum absolute atomic E-state index is 0.584. The van der Waals surface area contributed by atoms with Crippen LogP contribution in [-0.2, 0) is 0 Å². The first kappa shape index (κ1) is 20.0. The predicted octanol–water partition coefficient (Wildman–Crippen LogP) is 4.61. The molecule has 0 aliphatic carbocycles. The number of hydrogen-bond donors (Lipinski definition) is 2. The van der Waals surface area contributed by atoms with E-state index in [1.807, 2.05) is 43.3 Å². The maximum absolute atomic E-state index is 6.37. The smallest absolute Gasteiger partial charge is 0.225 e. The fourth-order valence-electron chi connectivity index (χ4n) is 2.77. The quantitative estimate of drug-likeness (QED) is 0.542. The van der Waals surface area contributed by atoms with Crippen molar-refractivity contribution in [3.63, 3.8) is 0 Å². The molecule has 0 spiro atoms. The molecule has 6 nitrogen and oxygen atoms in total. The first-order valence-corrected chi connectivity index (χ1v) is 9.61. The number of nitrogens with one attached hydrogen (secondary N) is 2. The highest BCUT2D eigenvalue weighted by Crippen LogP contribution is 2.30. The lowest BCUT2D eigenvalue weighted by atomic mass is 10.2. The van der Waals surface area contributed by atoms with Gasteiger partial charge < -0.3 is 15.5 Å². The summed E-state index contributed by atoms with van der Waals surface area (Å²) in [5, 5.41) is 7.34. The van der Waals surface area contributed by atoms with Crippen LogP contribution in [0, 0.1) is 6.92 Å². The van der Waals surface area contributed by atoms with E-state index in [0.717, 1.165) is 42.0 Å². The van der Waals surface area contributed by atoms with Crippen molar-refractivity contribution in [2.45, 2.75) is 13.3 Å². The summed E-state index contributed by atoms with van der Waals surface area (Å²) in [5.74, 6) is 1.27. The van der Waals surface area contributed by atoms with Crippen LogP contribution in [0.2, 0.25) is 5.02 Å². The molecule has 0 amide bonds. The van der Waals surface area contributed by atoms with Crippen molar-refractivity contribution in [2.75, 3.05) is 37.8 Å². The number of aryl methyl sites for hydroxylation is 1. The maximum Gasteiger partial charge on any atom is 0.225 e. The van der Waals surface area contributed by atoms with E-state index in [1.54, 1.807) is 12.4 Å². The molecule has 0 saturated heterocycles. The van der Waals surface area contributed by atoms with Crippen molar-refractivity contribution in [3.8, 4) is 11.3 Å². The Kier molecular flexibility index (Phi) is 6.79. The highest BCUT2D eigenvalue weighted by atomic mass is 35.5. The summed E-state index contributed by atoms with van der Waals surface area (Å²) < 4.78 is 0. The lowest BCUT2D eigenvalue weighted by molar-refractivity contribution is 0.405. The number of rotatable bonds is 8. The molecule has 0 saturated carbocycles. The normalized spacial score (nSPS) is 10.9. The van der Waals surface area contributed by atoms with Crippen LogP contribution >= 0.6 is 11.6 Å². The van der Waals surface area contributed by atoms with Gasteiger partial charge in [0.05, 0.1) is 16.4 Å². The SMILES string of the molecule is Cc1cccc(Cl)c1Nc1cc(-c2ccncc2)nc(NCCCN(C)C)n1. The van der Waals surface area contributed by atoms with Gasteiger partial charge in [-0.05, 0) is 57.7 Å².